The van der Waals surface area contributed by atoms with Crippen LogP contribution in [0.3, 0.4) is 0 Å². The summed E-state index contributed by atoms with van der Waals surface area (Å²) in [5, 5.41) is 0.769. The largest absolute Gasteiger partial charge is 0.0843 e. The molecule has 0 saturated heterocycles. The summed E-state index contributed by atoms with van der Waals surface area (Å²) in [5.41, 5.74) is 14.9. The Hall–Kier alpha value is -4.39. The lowest BCUT2D eigenvalue weighted by Crippen LogP contribution is -2.40. The summed E-state index contributed by atoms with van der Waals surface area (Å²) >= 11 is 6.64. The SMILES string of the molecule is CC1(C)c2cc(-c3ccccc3)ccc2C2(c3ccccc3-c3cc(Cl)ccc32)c2ccc(-c3ccccc3)cc21. The molecule has 0 radical (unpaired) electrons. The van der Waals surface area contributed by atoms with Gasteiger partial charge in [0.05, 0.1) is 5.41 Å². The van der Waals surface area contributed by atoms with Crippen molar-refractivity contribution in [1.82, 2.24) is 0 Å². The zero-order valence-electron chi connectivity index (χ0n) is 23.2. The maximum atomic E-state index is 6.64. The monoisotopic (exact) mass is 544 g/mol. The number of hydrogen-bond donors (Lipinski definition) is 0. The highest BCUT2D eigenvalue weighted by Gasteiger charge is 2.53. The van der Waals surface area contributed by atoms with Gasteiger partial charge in [-0.2, -0.15) is 0 Å². The van der Waals surface area contributed by atoms with Gasteiger partial charge in [0.1, 0.15) is 0 Å². The first kappa shape index (κ1) is 24.4. The highest BCUT2D eigenvalue weighted by atomic mass is 35.5. The van der Waals surface area contributed by atoms with Gasteiger partial charge in [0.25, 0.3) is 0 Å². The van der Waals surface area contributed by atoms with Crippen LogP contribution in [0.25, 0.3) is 33.4 Å². The second-order valence-corrected chi connectivity index (χ2v) is 12.3. The third kappa shape index (κ3) is 3.35. The van der Waals surface area contributed by atoms with Gasteiger partial charge in [-0.15, -0.1) is 0 Å². The van der Waals surface area contributed by atoms with E-state index in [2.05, 4.69) is 153 Å². The minimum absolute atomic E-state index is 0.213. The Kier molecular flexibility index (Phi) is 5.24. The number of hydrogen-bond acceptors (Lipinski definition) is 0. The smallest absolute Gasteiger partial charge is 0.0719 e. The molecule has 0 bridgehead atoms. The standard InChI is InChI=1S/C40H29Cl/c1-39(2)37-23-28(26-11-5-3-6-12-26)17-20-35(37)40(36-21-18-29(24-38(36)39)27-13-7-4-8-14-27)33-16-10-9-15-31(33)32-25-30(41)19-22-34(32)40/h3-25H,1-2H3. The first-order valence-electron chi connectivity index (χ1n) is 14.3. The van der Waals surface area contributed by atoms with Gasteiger partial charge < -0.3 is 0 Å². The van der Waals surface area contributed by atoms with Crippen LogP contribution >= 0.6 is 11.6 Å². The van der Waals surface area contributed by atoms with Crippen LogP contribution in [0.2, 0.25) is 5.02 Å². The van der Waals surface area contributed by atoms with Crippen molar-refractivity contribution in [2.24, 2.45) is 0 Å². The number of benzene rings is 6. The maximum Gasteiger partial charge on any atom is 0.0719 e. The lowest BCUT2D eigenvalue weighted by molar-refractivity contribution is 0.564. The molecule has 0 unspecified atom stereocenters. The van der Waals surface area contributed by atoms with Crippen LogP contribution in [0.5, 0.6) is 0 Å². The van der Waals surface area contributed by atoms with Crippen molar-refractivity contribution in [3.8, 4) is 33.4 Å². The lowest BCUT2D eigenvalue weighted by Gasteiger charge is -2.47. The summed E-state index contributed by atoms with van der Waals surface area (Å²) in [6.07, 6.45) is 0. The molecule has 8 rings (SSSR count). The zero-order valence-corrected chi connectivity index (χ0v) is 23.9. The average molecular weight is 545 g/mol. The minimum atomic E-state index is -0.429. The third-order valence-electron chi connectivity index (χ3n) is 9.41. The average Bonchev–Trinajstić information content (AvgIpc) is 3.31. The third-order valence-corrected chi connectivity index (χ3v) is 9.65. The summed E-state index contributed by atoms with van der Waals surface area (Å²) in [6, 6.07) is 51.2. The van der Waals surface area contributed by atoms with Crippen LogP contribution in [0.15, 0.2) is 140 Å². The van der Waals surface area contributed by atoms with Gasteiger partial charge in [-0.1, -0.05) is 141 Å². The summed E-state index contributed by atoms with van der Waals surface area (Å²) in [4.78, 5) is 0. The van der Waals surface area contributed by atoms with Crippen LogP contribution in [0.1, 0.15) is 47.2 Å². The fraction of sp³-hybridized carbons (Fsp3) is 0.100. The predicted octanol–water partition coefficient (Wildman–Crippen LogP) is 10.7. The summed E-state index contributed by atoms with van der Waals surface area (Å²) in [5.74, 6) is 0. The molecular formula is C40H29Cl. The molecule has 0 amide bonds. The van der Waals surface area contributed by atoms with Crippen LogP contribution in [0.4, 0.5) is 0 Å². The number of fused-ring (bicyclic) bond motifs is 9. The normalized spacial score (nSPS) is 15.1. The first-order chi connectivity index (χ1) is 20.0. The Morgan fingerprint density at radius 3 is 1.46 bits per heavy atom. The second-order valence-electron chi connectivity index (χ2n) is 11.9. The summed E-state index contributed by atoms with van der Waals surface area (Å²) in [6.45, 7) is 4.79. The van der Waals surface area contributed by atoms with Gasteiger partial charge in [0.15, 0.2) is 0 Å². The Morgan fingerprint density at radius 2 is 0.878 bits per heavy atom. The van der Waals surface area contributed by atoms with Gasteiger partial charge in [0.2, 0.25) is 0 Å². The lowest BCUT2D eigenvalue weighted by atomic mass is 9.55. The molecule has 6 aromatic rings. The first-order valence-corrected chi connectivity index (χ1v) is 14.7. The Labute approximate surface area is 246 Å². The highest BCUT2D eigenvalue weighted by Crippen LogP contribution is 2.62. The molecule has 196 valence electrons. The topological polar surface area (TPSA) is 0 Å². The summed E-state index contributed by atoms with van der Waals surface area (Å²) in [7, 11) is 0. The Balaban J connectivity index is 1.51. The van der Waals surface area contributed by atoms with E-state index in [4.69, 9.17) is 11.6 Å². The quantitative estimate of drug-likeness (QED) is 0.203. The van der Waals surface area contributed by atoms with Crippen LogP contribution < -0.4 is 0 Å². The van der Waals surface area contributed by atoms with Crippen molar-refractivity contribution in [1.29, 1.82) is 0 Å². The van der Waals surface area contributed by atoms with E-state index in [1.165, 1.54) is 66.8 Å². The van der Waals surface area contributed by atoms with E-state index in [1.54, 1.807) is 0 Å². The fourth-order valence-corrected chi connectivity index (χ4v) is 7.70. The van der Waals surface area contributed by atoms with Gasteiger partial charge in [0, 0.05) is 10.4 Å². The molecule has 0 nitrogen and oxygen atoms in total. The predicted molar refractivity (Wildman–Crippen MR) is 172 cm³/mol. The fourth-order valence-electron chi connectivity index (χ4n) is 7.52. The van der Waals surface area contributed by atoms with Crippen molar-refractivity contribution >= 4 is 11.6 Å². The number of rotatable bonds is 2. The molecule has 1 heteroatoms. The molecule has 0 fully saturated rings. The Morgan fingerprint density at radius 1 is 0.390 bits per heavy atom. The molecule has 41 heavy (non-hydrogen) atoms. The molecule has 2 aliphatic rings. The van der Waals surface area contributed by atoms with E-state index in [1.807, 2.05) is 0 Å². The minimum Gasteiger partial charge on any atom is -0.0843 e. The molecule has 1 spiro atoms. The van der Waals surface area contributed by atoms with Gasteiger partial charge in [-0.25, -0.2) is 0 Å². The molecule has 2 aliphatic carbocycles. The van der Waals surface area contributed by atoms with E-state index >= 15 is 0 Å². The zero-order chi connectivity index (χ0) is 27.8. The van der Waals surface area contributed by atoms with E-state index in [-0.39, 0.29) is 5.41 Å². The molecule has 0 aromatic heterocycles. The molecular weight excluding hydrogens is 516 g/mol. The van der Waals surface area contributed by atoms with Crippen molar-refractivity contribution in [2.75, 3.05) is 0 Å². The molecule has 0 heterocycles. The van der Waals surface area contributed by atoms with Crippen LogP contribution in [-0.4, -0.2) is 0 Å². The second kappa shape index (κ2) is 8.80. The van der Waals surface area contributed by atoms with Crippen molar-refractivity contribution in [2.45, 2.75) is 24.7 Å². The van der Waals surface area contributed by atoms with Gasteiger partial charge in [-0.05, 0) is 91.0 Å². The van der Waals surface area contributed by atoms with Crippen LogP contribution in [-0.2, 0) is 10.8 Å². The van der Waals surface area contributed by atoms with E-state index in [0.717, 1.165) is 5.02 Å². The van der Waals surface area contributed by atoms with Crippen LogP contribution in [0, 0.1) is 0 Å². The molecule has 6 aromatic carbocycles. The number of halogens is 1. The van der Waals surface area contributed by atoms with E-state index < -0.39 is 5.41 Å². The molecule has 0 N–H and O–H groups in total. The van der Waals surface area contributed by atoms with Gasteiger partial charge in [-0.3, -0.25) is 0 Å². The highest BCUT2D eigenvalue weighted by molar-refractivity contribution is 6.31. The van der Waals surface area contributed by atoms with Crippen molar-refractivity contribution in [3.63, 3.8) is 0 Å². The molecule has 0 saturated carbocycles. The molecule has 0 atom stereocenters. The maximum absolute atomic E-state index is 6.64. The summed E-state index contributed by atoms with van der Waals surface area (Å²) < 4.78 is 0. The van der Waals surface area contributed by atoms with Crippen molar-refractivity contribution in [3.05, 3.63) is 178 Å². The van der Waals surface area contributed by atoms with Gasteiger partial charge >= 0.3 is 0 Å². The van der Waals surface area contributed by atoms with Crippen molar-refractivity contribution < 1.29 is 0 Å². The molecule has 0 aliphatic heterocycles. The Bertz CT molecular complexity index is 1870. The van der Waals surface area contributed by atoms with E-state index in [9.17, 15) is 0 Å². The van der Waals surface area contributed by atoms with E-state index in [0.29, 0.717) is 0 Å².